The molecule has 0 heterocycles. The first-order valence-corrected chi connectivity index (χ1v) is 7.75. The van der Waals surface area contributed by atoms with Gasteiger partial charge in [0.2, 0.25) is 5.91 Å². The Morgan fingerprint density at radius 1 is 1.33 bits per heavy atom. The predicted molar refractivity (Wildman–Crippen MR) is 77.0 cm³/mol. The van der Waals surface area contributed by atoms with Crippen molar-refractivity contribution in [1.82, 2.24) is 5.32 Å². The van der Waals surface area contributed by atoms with Crippen LogP contribution in [0.3, 0.4) is 0 Å². The molecular formula is C13H16N2OS2. The van der Waals surface area contributed by atoms with Gasteiger partial charge in [-0.3, -0.25) is 4.79 Å². The number of benzene rings is 1. The van der Waals surface area contributed by atoms with Crippen LogP contribution in [0.15, 0.2) is 28.0 Å². The number of carbonyl (C=O) groups excluding carboxylic acids is 1. The summed E-state index contributed by atoms with van der Waals surface area (Å²) in [5, 5.41) is 12.0. The zero-order valence-corrected chi connectivity index (χ0v) is 12.2. The summed E-state index contributed by atoms with van der Waals surface area (Å²) >= 11 is 3.06. The van der Waals surface area contributed by atoms with Crippen molar-refractivity contribution in [3.8, 4) is 6.07 Å². The third-order valence-corrected chi connectivity index (χ3v) is 4.13. The molecule has 1 rings (SSSR count). The van der Waals surface area contributed by atoms with Crippen molar-refractivity contribution in [2.75, 3.05) is 18.1 Å². The highest BCUT2D eigenvalue weighted by Gasteiger charge is 2.10. The molecule has 0 radical (unpaired) electrons. The highest BCUT2D eigenvalue weighted by Crippen LogP contribution is 2.30. The first-order valence-electron chi connectivity index (χ1n) is 5.78. The van der Waals surface area contributed by atoms with Crippen LogP contribution in [0.1, 0.15) is 19.4 Å². The van der Waals surface area contributed by atoms with Crippen molar-refractivity contribution < 1.29 is 4.79 Å². The highest BCUT2D eigenvalue weighted by atomic mass is 32.2. The molecule has 5 heteroatoms. The van der Waals surface area contributed by atoms with E-state index in [-0.39, 0.29) is 5.91 Å². The zero-order valence-electron chi connectivity index (χ0n) is 10.5. The molecule has 1 N–H and O–H groups in total. The van der Waals surface area contributed by atoms with Crippen LogP contribution in [0.2, 0.25) is 0 Å². The van der Waals surface area contributed by atoms with E-state index in [2.05, 4.69) is 18.3 Å². The third-order valence-electron chi connectivity index (χ3n) is 2.13. The fourth-order valence-corrected chi connectivity index (χ4v) is 3.12. The molecule has 96 valence electrons. The highest BCUT2D eigenvalue weighted by molar-refractivity contribution is 8.00. The van der Waals surface area contributed by atoms with Gasteiger partial charge in [-0.15, -0.1) is 23.5 Å². The second-order valence-corrected chi connectivity index (χ2v) is 5.74. The van der Waals surface area contributed by atoms with Crippen LogP contribution in [-0.4, -0.2) is 24.0 Å². The second kappa shape index (κ2) is 8.06. The molecule has 1 amide bonds. The van der Waals surface area contributed by atoms with E-state index in [1.165, 1.54) is 11.8 Å². The van der Waals surface area contributed by atoms with E-state index in [0.29, 0.717) is 17.9 Å². The Hall–Kier alpha value is -1.12. The second-order valence-electron chi connectivity index (χ2n) is 3.42. The van der Waals surface area contributed by atoms with E-state index in [0.717, 1.165) is 15.5 Å². The van der Waals surface area contributed by atoms with Gasteiger partial charge in [0.15, 0.2) is 0 Å². The average molecular weight is 280 g/mol. The molecule has 0 aliphatic carbocycles. The Labute approximate surface area is 116 Å². The van der Waals surface area contributed by atoms with E-state index in [1.54, 1.807) is 11.8 Å². The lowest BCUT2D eigenvalue weighted by atomic mass is 10.2. The Morgan fingerprint density at radius 2 is 2.00 bits per heavy atom. The summed E-state index contributed by atoms with van der Waals surface area (Å²) in [6.45, 7) is 4.58. The zero-order chi connectivity index (χ0) is 13.4. The van der Waals surface area contributed by atoms with E-state index < -0.39 is 0 Å². The topological polar surface area (TPSA) is 52.9 Å². The summed E-state index contributed by atoms with van der Waals surface area (Å²) in [6, 6.07) is 8.00. The Morgan fingerprint density at radius 3 is 2.56 bits per heavy atom. The van der Waals surface area contributed by atoms with Gasteiger partial charge in [0.1, 0.15) is 6.07 Å². The van der Waals surface area contributed by atoms with Gasteiger partial charge in [0.25, 0.3) is 0 Å². The maximum absolute atomic E-state index is 11.4. The van der Waals surface area contributed by atoms with Crippen molar-refractivity contribution in [3.05, 3.63) is 23.8 Å². The first kappa shape index (κ1) is 14.9. The standard InChI is InChI=1S/C13H16N2OS2/c1-3-15-13(16)9-18-12-7-5-6-11(17-4-2)10(12)8-14/h5-7H,3-4,9H2,1-2H3,(H,15,16). The van der Waals surface area contributed by atoms with Crippen LogP contribution in [0.25, 0.3) is 0 Å². The number of nitrogens with zero attached hydrogens (tertiary/aromatic N) is 1. The number of hydrogen-bond acceptors (Lipinski definition) is 4. The van der Waals surface area contributed by atoms with Gasteiger partial charge >= 0.3 is 0 Å². The summed E-state index contributed by atoms with van der Waals surface area (Å²) < 4.78 is 0. The summed E-state index contributed by atoms with van der Waals surface area (Å²) in [5.41, 5.74) is 0.679. The molecule has 0 saturated carbocycles. The lowest BCUT2D eigenvalue weighted by Gasteiger charge is -2.08. The van der Waals surface area contributed by atoms with Gasteiger partial charge in [0.05, 0.1) is 11.3 Å². The number of carbonyl (C=O) groups is 1. The van der Waals surface area contributed by atoms with Crippen molar-refractivity contribution >= 4 is 29.4 Å². The van der Waals surface area contributed by atoms with Crippen LogP contribution in [-0.2, 0) is 4.79 Å². The molecule has 0 saturated heterocycles. The van der Waals surface area contributed by atoms with E-state index >= 15 is 0 Å². The molecular weight excluding hydrogens is 264 g/mol. The maximum Gasteiger partial charge on any atom is 0.230 e. The molecule has 0 aliphatic rings. The molecule has 18 heavy (non-hydrogen) atoms. The van der Waals surface area contributed by atoms with Crippen molar-refractivity contribution in [3.63, 3.8) is 0 Å². The van der Waals surface area contributed by atoms with Gasteiger partial charge in [-0.25, -0.2) is 0 Å². The SMILES string of the molecule is CCNC(=O)CSc1cccc(SCC)c1C#N. The Balaban J connectivity index is 2.79. The summed E-state index contributed by atoms with van der Waals surface area (Å²) in [5.74, 6) is 1.28. The van der Waals surface area contributed by atoms with Gasteiger partial charge in [-0.05, 0) is 24.8 Å². The average Bonchev–Trinajstić information content (AvgIpc) is 2.37. The smallest absolute Gasteiger partial charge is 0.230 e. The van der Waals surface area contributed by atoms with Crippen molar-refractivity contribution in [2.24, 2.45) is 0 Å². The Kier molecular flexibility index (Phi) is 6.69. The van der Waals surface area contributed by atoms with E-state index in [9.17, 15) is 10.1 Å². The van der Waals surface area contributed by atoms with Crippen LogP contribution >= 0.6 is 23.5 Å². The van der Waals surface area contributed by atoms with Gasteiger partial charge in [-0.2, -0.15) is 5.26 Å². The minimum atomic E-state index is -0.0000579. The third kappa shape index (κ3) is 4.28. The molecule has 0 aromatic heterocycles. The minimum Gasteiger partial charge on any atom is -0.356 e. The number of thioether (sulfide) groups is 2. The fourth-order valence-electron chi connectivity index (χ4n) is 1.41. The summed E-state index contributed by atoms with van der Waals surface area (Å²) in [7, 11) is 0. The van der Waals surface area contributed by atoms with Crippen molar-refractivity contribution in [1.29, 1.82) is 5.26 Å². The van der Waals surface area contributed by atoms with E-state index in [4.69, 9.17) is 0 Å². The molecule has 1 aromatic carbocycles. The molecule has 0 unspecified atom stereocenters. The summed E-state index contributed by atoms with van der Waals surface area (Å²) in [6.07, 6.45) is 0. The maximum atomic E-state index is 11.4. The molecule has 0 atom stereocenters. The van der Waals surface area contributed by atoms with Crippen LogP contribution < -0.4 is 5.32 Å². The van der Waals surface area contributed by atoms with Gasteiger partial charge in [0, 0.05) is 16.3 Å². The monoisotopic (exact) mass is 280 g/mol. The van der Waals surface area contributed by atoms with Crippen LogP contribution in [0.5, 0.6) is 0 Å². The summed E-state index contributed by atoms with van der Waals surface area (Å²) in [4.78, 5) is 13.3. The van der Waals surface area contributed by atoms with Gasteiger partial charge < -0.3 is 5.32 Å². The molecule has 1 aromatic rings. The predicted octanol–water partition coefficient (Wildman–Crippen LogP) is 2.90. The quantitative estimate of drug-likeness (QED) is 0.814. The fraction of sp³-hybridized carbons (Fsp3) is 0.385. The molecule has 3 nitrogen and oxygen atoms in total. The van der Waals surface area contributed by atoms with Crippen molar-refractivity contribution in [2.45, 2.75) is 23.6 Å². The number of nitriles is 1. The van der Waals surface area contributed by atoms with Gasteiger partial charge in [-0.1, -0.05) is 13.0 Å². The van der Waals surface area contributed by atoms with E-state index in [1.807, 2.05) is 25.1 Å². The largest absolute Gasteiger partial charge is 0.356 e. The van der Waals surface area contributed by atoms with Crippen LogP contribution in [0, 0.1) is 11.3 Å². The lowest BCUT2D eigenvalue weighted by molar-refractivity contribution is -0.118. The number of nitrogens with one attached hydrogen (secondary N) is 1. The number of hydrogen-bond donors (Lipinski definition) is 1. The molecule has 0 spiro atoms. The molecule has 0 aliphatic heterocycles. The Bertz CT molecular complexity index is 455. The number of rotatable bonds is 6. The minimum absolute atomic E-state index is 0.0000579. The first-order chi connectivity index (χ1) is 8.72. The van der Waals surface area contributed by atoms with Crippen LogP contribution in [0.4, 0.5) is 0 Å². The normalized spacial score (nSPS) is 9.83. The lowest BCUT2D eigenvalue weighted by Crippen LogP contribution is -2.24. The number of amides is 1. The molecule has 0 fully saturated rings. The molecule has 0 bridgehead atoms.